The summed E-state index contributed by atoms with van der Waals surface area (Å²) in [5, 5.41) is 2.93. The highest BCUT2D eigenvalue weighted by molar-refractivity contribution is 5.39. The number of nitrogens with one attached hydrogen (secondary N) is 1. The lowest BCUT2D eigenvalue weighted by molar-refractivity contribution is 0.128. The van der Waals surface area contributed by atoms with E-state index in [4.69, 9.17) is 9.47 Å². The summed E-state index contributed by atoms with van der Waals surface area (Å²) in [6.07, 6.45) is 0. The van der Waals surface area contributed by atoms with E-state index in [9.17, 15) is 4.39 Å². The third-order valence-corrected chi connectivity index (χ3v) is 2.81. The Hall–Kier alpha value is -2.21. The number of hydrogen-bond acceptors (Lipinski definition) is 5. The van der Waals surface area contributed by atoms with Crippen LogP contribution in [-0.2, 0) is 11.3 Å². The minimum absolute atomic E-state index is 0.296. The van der Waals surface area contributed by atoms with Crippen LogP contribution in [-0.4, -0.2) is 23.6 Å². The van der Waals surface area contributed by atoms with Crippen LogP contribution < -0.4 is 10.1 Å². The molecule has 0 saturated heterocycles. The third-order valence-electron chi connectivity index (χ3n) is 2.81. The molecule has 1 aromatic carbocycles. The van der Waals surface area contributed by atoms with Gasteiger partial charge in [-0.15, -0.1) is 0 Å². The normalized spacial score (nSPS) is 10.5. The zero-order valence-corrected chi connectivity index (χ0v) is 12.3. The molecule has 0 aliphatic carbocycles. The molecule has 0 unspecified atom stereocenters. The number of aromatic nitrogens is 2. The molecule has 0 spiro atoms. The van der Waals surface area contributed by atoms with Gasteiger partial charge in [0.2, 0.25) is 5.88 Å². The molecule has 1 aromatic heterocycles. The van der Waals surface area contributed by atoms with Crippen LogP contribution in [0.4, 0.5) is 10.2 Å². The Morgan fingerprint density at radius 2 is 2.05 bits per heavy atom. The lowest BCUT2D eigenvalue weighted by Crippen LogP contribution is -2.04. The first-order valence-corrected chi connectivity index (χ1v) is 6.70. The number of hydrogen-bond donors (Lipinski definition) is 1. The van der Waals surface area contributed by atoms with Crippen molar-refractivity contribution < 1.29 is 13.9 Å². The molecule has 6 heteroatoms. The van der Waals surface area contributed by atoms with Gasteiger partial charge in [-0.1, -0.05) is 6.07 Å². The zero-order chi connectivity index (χ0) is 15.2. The molecular weight excluding hydrogens is 273 g/mol. The van der Waals surface area contributed by atoms with Crippen molar-refractivity contribution in [3.8, 4) is 11.6 Å². The molecule has 0 radical (unpaired) electrons. The Morgan fingerprint density at radius 1 is 1.24 bits per heavy atom. The maximum atomic E-state index is 13.5. The van der Waals surface area contributed by atoms with E-state index in [-0.39, 0.29) is 5.82 Å². The van der Waals surface area contributed by atoms with Crippen molar-refractivity contribution in [2.24, 2.45) is 0 Å². The second-order valence-corrected chi connectivity index (χ2v) is 4.41. The highest BCUT2D eigenvalue weighted by atomic mass is 19.1. The highest BCUT2D eigenvalue weighted by Crippen LogP contribution is 2.23. The SMILES string of the molecule is CCOCc1nc(NC)cc(Oc2ccc(C)c(F)c2)n1. The summed E-state index contributed by atoms with van der Waals surface area (Å²) < 4.78 is 24.4. The van der Waals surface area contributed by atoms with Crippen LogP contribution >= 0.6 is 0 Å². The lowest BCUT2D eigenvalue weighted by atomic mass is 10.2. The molecule has 21 heavy (non-hydrogen) atoms. The van der Waals surface area contributed by atoms with Crippen LogP contribution in [0.1, 0.15) is 18.3 Å². The molecule has 0 fully saturated rings. The number of rotatable bonds is 6. The molecular formula is C15H18FN3O2. The van der Waals surface area contributed by atoms with E-state index < -0.39 is 0 Å². The minimum Gasteiger partial charge on any atom is -0.439 e. The quantitative estimate of drug-likeness (QED) is 0.885. The van der Waals surface area contributed by atoms with Gasteiger partial charge in [0.1, 0.15) is 24.0 Å². The highest BCUT2D eigenvalue weighted by Gasteiger charge is 2.07. The molecule has 0 atom stereocenters. The van der Waals surface area contributed by atoms with E-state index in [2.05, 4.69) is 15.3 Å². The van der Waals surface area contributed by atoms with Gasteiger partial charge < -0.3 is 14.8 Å². The summed E-state index contributed by atoms with van der Waals surface area (Å²) >= 11 is 0. The number of ether oxygens (including phenoxy) is 2. The van der Waals surface area contributed by atoms with Crippen molar-refractivity contribution in [2.45, 2.75) is 20.5 Å². The Morgan fingerprint density at radius 3 is 2.71 bits per heavy atom. The maximum Gasteiger partial charge on any atom is 0.224 e. The van der Waals surface area contributed by atoms with Gasteiger partial charge in [-0.2, -0.15) is 4.98 Å². The summed E-state index contributed by atoms with van der Waals surface area (Å²) in [5.41, 5.74) is 0.568. The van der Waals surface area contributed by atoms with Gasteiger partial charge in [0.25, 0.3) is 0 Å². The van der Waals surface area contributed by atoms with Crippen molar-refractivity contribution >= 4 is 5.82 Å². The Bertz CT molecular complexity index is 620. The van der Waals surface area contributed by atoms with Gasteiger partial charge in [0.05, 0.1) is 0 Å². The Labute approximate surface area is 123 Å². The summed E-state index contributed by atoms with van der Waals surface area (Å²) in [5.74, 6) is 1.53. The first-order chi connectivity index (χ1) is 10.1. The van der Waals surface area contributed by atoms with Crippen molar-refractivity contribution in [3.05, 3.63) is 41.5 Å². The van der Waals surface area contributed by atoms with Crippen LogP contribution in [0.2, 0.25) is 0 Å². The van der Waals surface area contributed by atoms with Gasteiger partial charge in [-0.25, -0.2) is 9.37 Å². The van der Waals surface area contributed by atoms with Crippen LogP contribution in [0.5, 0.6) is 11.6 Å². The van der Waals surface area contributed by atoms with Crippen LogP contribution in [0, 0.1) is 12.7 Å². The van der Waals surface area contributed by atoms with E-state index >= 15 is 0 Å². The number of benzene rings is 1. The average molecular weight is 291 g/mol. The van der Waals surface area contributed by atoms with Gasteiger partial charge in [0, 0.05) is 25.8 Å². The average Bonchev–Trinajstić information content (AvgIpc) is 2.48. The van der Waals surface area contributed by atoms with E-state index in [0.29, 0.717) is 42.0 Å². The monoisotopic (exact) mass is 291 g/mol. The first kappa shape index (κ1) is 15.2. The van der Waals surface area contributed by atoms with Gasteiger partial charge in [-0.3, -0.25) is 0 Å². The fourth-order valence-corrected chi connectivity index (χ4v) is 1.67. The third kappa shape index (κ3) is 4.13. The summed E-state index contributed by atoms with van der Waals surface area (Å²) in [4.78, 5) is 8.51. The molecule has 0 saturated carbocycles. The summed E-state index contributed by atoms with van der Waals surface area (Å²) in [6.45, 7) is 4.47. The molecule has 1 N–H and O–H groups in total. The predicted molar refractivity (Wildman–Crippen MR) is 78.1 cm³/mol. The standard InChI is InChI=1S/C15H18FN3O2/c1-4-20-9-14-18-13(17-3)8-15(19-14)21-11-6-5-10(2)12(16)7-11/h5-8H,4,9H2,1-3H3,(H,17,18,19). The number of halogens is 1. The van der Waals surface area contributed by atoms with Crippen LogP contribution in [0.15, 0.2) is 24.3 Å². The number of anilines is 1. The van der Waals surface area contributed by atoms with Crippen LogP contribution in [0.3, 0.4) is 0 Å². The fourth-order valence-electron chi connectivity index (χ4n) is 1.67. The number of aryl methyl sites for hydroxylation is 1. The molecule has 1 heterocycles. The van der Waals surface area contributed by atoms with Gasteiger partial charge in [0.15, 0.2) is 5.82 Å². The van der Waals surface area contributed by atoms with Crippen molar-refractivity contribution in [1.29, 1.82) is 0 Å². The lowest BCUT2D eigenvalue weighted by Gasteiger charge is -2.09. The topological polar surface area (TPSA) is 56.3 Å². The Kier molecular flexibility index (Phi) is 5.05. The molecule has 0 aliphatic rings. The predicted octanol–water partition coefficient (Wildman–Crippen LogP) is 3.29. The Balaban J connectivity index is 2.23. The van der Waals surface area contributed by atoms with E-state index in [1.807, 2.05) is 6.92 Å². The molecule has 2 aromatic rings. The molecule has 2 rings (SSSR count). The molecule has 5 nitrogen and oxygen atoms in total. The van der Waals surface area contributed by atoms with Crippen molar-refractivity contribution in [1.82, 2.24) is 9.97 Å². The molecule has 112 valence electrons. The van der Waals surface area contributed by atoms with Crippen molar-refractivity contribution in [2.75, 3.05) is 19.0 Å². The van der Waals surface area contributed by atoms with E-state index in [0.717, 1.165) is 0 Å². The largest absolute Gasteiger partial charge is 0.439 e. The van der Waals surface area contributed by atoms with Gasteiger partial charge >= 0.3 is 0 Å². The summed E-state index contributed by atoms with van der Waals surface area (Å²) in [6, 6.07) is 6.33. The molecule has 0 amide bonds. The zero-order valence-electron chi connectivity index (χ0n) is 12.3. The summed E-state index contributed by atoms with van der Waals surface area (Å²) in [7, 11) is 1.75. The van der Waals surface area contributed by atoms with E-state index in [1.165, 1.54) is 6.07 Å². The second-order valence-electron chi connectivity index (χ2n) is 4.41. The number of nitrogens with zero attached hydrogens (tertiary/aromatic N) is 2. The molecule has 0 aliphatic heterocycles. The second kappa shape index (κ2) is 6.99. The maximum absolute atomic E-state index is 13.5. The van der Waals surface area contributed by atoms with Gasteiger partial charge in [-0.05, 0) is 25.5 Å². The van der Waals surface area contributed by atoms with Crippen molar-refractivity contribution in [3.63, 3.8) is 0 Å². The molecule has 0 bridgehead atoms. The minimum atomic E-state index is -0.315. The fraction of sp³-hybridized carbons (Fsp3) is 0.333. The first-order valence-electron chi connectivity index (χ1n) is 6.70. The smallest absolute Gasteiger partial charge is 0.224 e. The van der Waals surface area contributed by atoms with Crippen LogP contribution in [0.25, 0.3) is 0 Å². The van der Waals surface area contributed by atoms with E-state index in [1.54, 1.807) is 32.2 Å².